The average Bonchev–Trinajstić information content (AvgIpc) is 2.84. The van der Waals surface area contributed by atoms with Gasteiger partial charge in [0.15, 0.2) is 4.96 Å². The zero-order chi connectivity index (χ0) is 12.6. The maximum Gasteiger partial charge on any atom is 0.226 e. The zero-order valence-corrected chi connectivity index (χ0v) is 11.0. The number of nitrogens with one attached hydrogen (secondary N) is 1. The lowest BCUT2D eigenvalue weighted by atomic mass is 9.89. The molecule has 0 unspecified atom stereocenters. The molecule has 3 rings (SSSR count). The van der Waals surface area contributed by atoms with Crippen molar-refractivity contribution in [2.45, 2.75) is 13.3 Å². The molecule has 1 amide bonds. The molecule has 1 fully saturated rings. The van der Waals surface area contributed by atoms with E-state index in [1.54, 1.807) is 11.3 Å². The van der Waals surface area contributed by atoms with Crippen molar-refractivity contribution in [2.24, 2.45) is 5.41 Å². The third kappa shape index (κ3) is 2.26. The van der Waals surface area contributed by atoms with Crippen LogP contribution in [0.15, 0.2) is 17.8 Å². The second kappa shape index (κ2) is 4.37. The van der Waals surface area contributed by atoms with Gasteiger partial charge in [0.2, 0.25) is 5.91 Å². The second-order valence-corrected chi connectivity index (χ2v) is 5.96. The molecule has 1 N–H and O–H groups in total. The van der Waals surface area contributed by atoms with Gasteiger partial charge < -0.3 is 10.1 Å². The van der Waals surface area contributed by atoms with Crippen LogP contribution in [0.2, 0.25) is 0 Å². The van der Waals surface area contributed by atoms with E-state index in [-0.39, 0.29) is 11.3 Å². The first kappa shape index (κ1) is 11.7. The quantitative estimate of drug-likeness (QED) is 0.900. The number of carbonyl (C=O) groups is 1. The first-order valence-electron chi connectivity index (χ1n) is 5.90. The number of hydrogen-bond acceptors (Lipinski definition) is 4. The summed E-state index contributed by atoms with van der Waals surface area (Å²) in [6.45, 7) is 4.25. The summed E-state index contributed by atoms with van der Waals surface area (Å²) < 4.78 is 7.09. The number of rotatable bonds is 4. The molecule has 6 heteroatoms. The number of aromatic nitrogens is 2. The molecular formula is C12H15N3O2S. The number of thiazole rings is 1. The molecular weight excluding hydrogens is 250 g/mol. The summed E-state index contributed by atoms with van der Waals surface area (Å²) in [6, 6.07) is 0. The van der Waals surface area contributed by atoms with Crippen LogP contribution in [-0.2, 0) is 16.0 Å². The van der Waals surface area contributed by atoms with Gasteiger partial charge in [-0.1, -0.05) is 6.92 Å². The van der Waals surface area contributed by atoms with Crippen LogP contribution in [0.1, 0.15) is 12.6 Å². The molecule has 96 valence electrons. The Bertz CT molecular complexity index is 542. The number of carbonyl (C=O) groups excluding carboxylic acids is 1. The van der Waals surface area contributed by atoms with Gasteiger partial charge in [0.1, 0.15) is 0 Å². The van der Waals surface area contributed by atoms with Gasteiger partial charge in [-0.2, -0.15) is 0 Å². The fourth-order valence-corrected chi connectivity index (χ4v) is 2.67. The number of fused-ring (bicyclic) bond motifs is 1. The van der Waals surface area contributed by atoms with Crippen molar-refractivity contribution in [3.63, 3.8) is 0 Å². The summed E-state index contributed by atoms with van der Waals surface area (Å²) in [5.41, 5.74) is 0.930. The van der Waals surface area contributed by atoms with Crippen molar-refractivity contribution in [3.05, 3.63) is 23.5 Å². The van der Waals surface area contributed by atoms with E-state index in [1.165, 1.54) is 0 Å². The highest BCUT2D eigenvalue weighted by atomic mass is 32.1. The van der Waals surface area contributed by atoms with Crippen LogP contribution in [0.4, 0.5) is 0 Å². The van der Waals surface area contributed by atoms with E-state index in [1.807, 2.05) is 22.2 Å². The van der Waals surface area contributed by atoms with E-state index in [9.17, 15) is 4.79 Å². The van der Waals surface area contributed by atoms with Crippen LogP contribution < -0.4 is 5.32 Å². The largest absolute Gasteiger partial charge is 0.380 e. The predicted molar refractivity (Wildman–Crippen MR) is 68.7 cm³/mol. The van der Waals surface area contributed by atoms with E-state index >= 15 is 0 Å². The minimum absolute atomic E-state index is 0.0221. The minimum atomic E-state index is 0.0221. The van der Waals surface area contributed by atoms with E-state index in [2.05, 4.69) is 17.2 Å². The SMILES string of the molecule is CC1(CNC(=O)Cc2cn3ccsc3n2)COC1. The number of nitrogens with zero attached hydrogens (tertiary/aromatic N) is 2. The van der Waals surface area contributed by atoms with Crippen LogP contribution >= 0.6 is 11.3 Å². The summed E-state index contributed by atoms with van der Waals surface area (Å²) in [5.74, 6) is 0.0221. The van der Waals surface area contributed by atoms with E-state index < -0.39 is 0 Å². The molecule has 0 radical (unpaired) electrons. The molecule has 0 saturated carbocycles. The van der Waals surface area contributed by atoms with Crippen LogP contribution in [-0.4, -0.2) is 35.1 Å². The van der Waals surface area contributed by atoms with E-state index in [0.717, 1.165) is 23.9 Å². The fraction of sp³-hybridized carbons (Fsp3) is 0.500. The van der Waals surface area contributed by atoms with Gasteiger partial charge in [-0.25, -0.2) is 4.98 Å². The Labute approximate surface area is 109 Å². The number of hydrogen-bond donors (Lipinski definition) is 1. The Kier molecular flexibility index (Phi) is 2.83. The van der Waals surface area contributed by atoms with Gasteiger partial charge in [-0.3, -0.25) is 9.20 Å². The van der Waals surface area contributed by atoms with Crippen molar-refractivity contribution in [1.29, 1.82) is 0 Å². The highest BCUT2D eigenvalue weighted by molar-refractivity contribution is 7.15. The summed E-state index contributed by atoms with van der Waals surface area (Å²) in [6.07, 6.45) is 4.19. The summed E-state index contributed by atoms with van der Waals surface area (Å²) in [7, 11) is 0. The van der Waals surface area contributed by atoms with Gasteiger partial charge in [-0.05, 0) is 0 Å². The number of amides is 1. The highest BCUT2D eigenvalue weighted by Crippen LogP contribution is 2.25. The highest BCUT2D eigenvalue weighted by Gasteiger charge is 2.33. The van der Waals surface area contributed by atoms with E-state index in [4.69, 9.17) is 4.74 Å². The van der Waals surface area contributed by atoms with E-state index in [0.29, 0.717) is 13.0 Å². The fourth-order valence-electron chi connectivity index (χ4n) is 1.95. The molecule has 3 heterocycles. The third-order valence-corrected chi connectivity index (χ3v) is 3.87. The molecule has 0 aliphatic carbocycles. The van der Waals surface area contributed by atoms with Crippen molar-refractivity contribution in [1.82, 2.24) is 14.7 Å². The van der Waals surface area contributed by atoms with Crippen molar-refractivity contribution < 1.29 is 9.53 Å². The molecule has 0 atom stereocenters. The Balaban J connectivity index is 1.55. The molecule has 18 heavy (non-hydrogen) atoms. The Morgan fingerprint density at radius 1 is 1.67 bits per heavy atom. The van der Waals surface area contributed by atoms with Crippen molar-refractivity contribution in [3.8, 4) is 0 Å². The normalized spacial score (nSPS) is 17.6. The lowest BCUT2D eigenvalue weighted by Crippen LogP contribution is -2.48. The van der Waals surface area contributed by atoms with Crippen molar-refractivity contribution >= 4 is 22.2 Å². The molecule has 0 spiro atoms. The van der Waals surface area contributed by atoms with Gasteiger partial charge >= 0.3 is 0 Å². The molecule has 2 aromatic rings. The lowest BCUT2D eigenvalue weighted by Gasteiger charge is -2.37. The monoisotopic (exact) mass is 265 g/mol. The van der Waals surface area contributed by atoms with Gasteiger partial charge in [0.25, 0.3) is 0 Å². The Morgan fingerprint density at radius 3 is 3.17 bits per heavy atom. The molecule has 1 aliphatic rings. The van der Waals surface area contributed by atoms with Gasteiger partial charge in [0.05, 0.1) is 25.3 Å². The summed E-state index contributed by atoms with van der Waals surface area (Å²) >= 11 is 1.57. The Hall–Kier alpha value is -1.40. The molecule has 2 aromatic heterocycles. The minimum Gasteiger partial charge on any atom is -0.380 e. The first-order chi connectivity index (χ1) is 8.65. The van der Waals surface area contributed by atoms with Gasteiger partial charge in [0, 0.05) is 29.7 Å². The van der Waals surface area contributed by atoms with Crippen LogP contribution in [0.25, 0.3) is 4.96 Å². The average molecular weight is 265 g/mol. The molecule has 0 bridgehead atoms. The van der Waals surface area contributed by atoms with Gasteiger partial charge in [-0.15, -0.1) is 11.3 Å². The number of imidazole rings is 1. The smallest absolute Gasteiger partial charge is 0.226 e. The second-order valence-electron chi connectivity index (χ2n) is 5.08. The lowest BCUT2D eigenvalue weighted by molar-refractivity contribution is -0.126. The summed E-state index contributed by atoms with van der Waals surface area (Å²) in [4.78, 5) is 17.1. The molecule has 1 aliphatic heterocycles. The number of ether oxygens (including phenoxy) is 1. The molecule has 1 saturated heterocycles. The summed E-state index contributed by atoms with van der Waals surface area (Å²) in [5, 5.41) is 4.92. The van der Waals surface area contributed by atoms with Crippen LogP contribution in [0, 0.1) is 5.41 Å². The first-order valence-corrected chi connectivity index (χ1v) is 6.78. The topological polar surface area (TPSA) is 55.6 Å². The maximum absolute atomic E-state index is 11.8. The molecule has 0 aromatic carbocycles. The molecule has 5 nitrogen and oxygen atoms in total. The van der Waals surface area contributed by atoms with Crippen LogP contribution in [0.3, 0.4) is 0 Å². The third-order valence-electron chi connectivity index (χ3n) is 3.10. The van der Waals surface area contributed by atoms with Crippen molar-refractivity contribution in [2.75, 3.05) is 19.8 Å². The zero-order valence-electron chi connectivity index (χ0n) is 10.2. The standard InChI is InChI=1S/C12H15N3O2S/c1-12(7-17-8-12)6-13-10(16)4-9-5-15-2-3-18-11(15)14-9/h2-3,5H,4,6-8H2,1H3,(H,13,16). The predicted octanol–water partition coefficient (Wildman–Crippen LogP) is 1.09. The maximum atomic E-state index is 11.8. The van der Waals surface area contributed by atoms with Crippen LogP contribution in [0.5, 0.6) is 0 Å². The Morgan fingerprint density at radius 2 is 2.50 bits per heavy atom.